The highest BCUT2D eigenvalue weighted by molar-refractivity contribution is 7.18. The van der Waals surface area contributed by atoms with E-state index in [1.165, 1.54) is 6.92 Å². The number of aryl methyl sites for hydroxylation is 2. The van der Waals surface area contributed by atoms with Crippen molar-refractivity contribution in [3.63, 3.8) is 0 Å². The Labute approximate surface area is 180 Å². The summed E-state index contributed by atoms with van der Waals surface area (Å²) in [6.07, 6.45) is -3.05. The van der Waals surface area contributed by atoms with Crippen molar-refractivity contribution in [3.05, 3.63) is 33.7 Å². The lowest BCUT2D eigenvalue weighted by Gasteiger charge is -2.30. The zero-order valence-electron chi connectivity index (χ0n) is 17.2. The van der Waals surface area contributed by atoms with Gasteiger partial charge in [0.2, 0.25) is 0 Å². The van der Waals surface area contributed by atoms with Gasteiger partial charge in [0.1, 0.15) is 16.5 Å². The van der Waals surface area contributed by atoms with Crippen LogP contribution >= 0.6 is 11.3 Å². The molecule has 0 atom stereocenters. The molecule has 0 amide bonds. The van der Waals surface area contributed by atoms with Crippen LogP contribution in [0.25, 0.3) is 10.2 Å². The molecule has 11 heteroatoms. The molecule has 4 heterocycles. The molecule has 3 aromatic rings. The van der Waals surface area contributed by atoms with Crippen molar-refractivity contribution >= 4 is 27.4 Å². The minimum absolute atomic E-state index is 0.00239. The van der Waals surface area contributed by atoms with E-state index in [1.54, 1.807) is 11.3 Å². The number of aliphatic hydroxyl groups excluding tert-OH is 1. The molecule has 0 unspecified atom stereocenters. The molecule has 4 rings (SSSR count). The number of nitrogens with zero attached hydrogens (tertiary/aromatic N) is 5. The van der Waals surface area contributed by atoms with E-state index in [4.69, 9.17) is 9.84 Å². The summed E-state index contributed by atoms with van der Waals surface area (Å²) in [5.74, 6) is 0.716. The van der Waals surface area contributed by atoms with Gasteiger partial charge in [-0.25, -0.2) is 9.97 Å². The summed E-state index contributed by atoms with van der Waals surface area (Å²) in [6, 6.07) is 2.22. The predicted octanol–water partition coefficient (Wildman–Crippen LogP) is 3.69. The van der Waals surface area contributed by atoms with E-state index in [2.05, 4.69) is 19.9 Å². The predicted molar refractivity (Wildman–Crippen MR) is 111 cm³/mol. The second-order valence-electron chi connectivity index (χ2n) is 7.25. The second kappa shape index (κ2) is 8.54. The fourth-order valence-electron chi connectivity index (χ4n) is 3.61. The van der Waals surface area contributed by atoms with Gasteiger partial charge in [0.25, 0.3) is 0 Å². The van der Waals surface area contributed by atoms with Crippen molar-refractivity contribution in [3.8, 4) is 6.01 Å². The molecule has 0 aliphatic carbocycles. The number of aromatic nitrogens is 4. The highest BCUT2D eigenvalue weighted by Gasteiger charge is 2.38. The van der Waals surface area contributed by atoms with E-state index in [-0.39, 0.29) is 43.6 Å². The molecule has 31 heavy (non-hydrogen) atoms. The number of alkyl halides is 3. The molecule has 0 spiro atoms. The SMILES string of the molecule is CCc1cc2c(N3CCc4c(nc(C)nc4C(F)(F)F)C3)nc(OCCCO)nc2s1. The normalized spacial score (nSPS) is 14.2. The summed E-state index contributed by atoms with van der Waals surface area (Å²) < 4.78 is 46.0. The molecule has 0 bridgehead atoms. The Balaban J connectivity index is 1.74. The number of halogens is 3. The zero-order valence-corrected chi connectivity index (χ0v) is 18.0. The molecule has 1 aliphatic heterocycles. The first-order chi connectivity index (χ1) is 14.8. The van der Waals surface area contributed by atoms with Crippen LogP contribution in [0.4, 0.5) is 19.0 Å². The summed E-state index contributed by atoms with van der Waals surface area (Å²) in [6.45, 7) is 4.33. The number of rotatable bonds is 6. The Hall–Kier alpha value is -2.53. The average Bonchev–Trinajstić information content (AvgIpc) is 3.15. The third kappa shape index (κ3) is 4.42. The monoisotopic (exact) mass is 453 g/mol. The standard InChI is InChI=1S/C20H22F3N5O2S/c1-3-12-9-14-17(26-19(27-18(14)31-12)30-8-4-7-29)28-6-5-13-15(10-28)24-11(2)25-16(13)20(21,22)23/h9,29H,3-8,10H2,1-2H3. The van der Waals surface area contributed by atoms with Gasteiger partial charge < -0.3 is 14.7 Å². The van der Waals surface area contributed by atoms with Gasteiger partial charge in [-0.05, 0) is 25.8 Å². The number of thiophene rings is 1. The minimum atomic E-state index is -4.51. The Morgan fingerprint density at radius 3 is 2.74 bits per heavy atom. The van der Waals surface area contributed by atoms with E-state index in [1.807, 2.05) is 17.9 Å². The molecule has 0 radical (unpaired) electrons. The van der Waals surface area contributed by atoms with Crippen molar-refractivity contribution in [2.24, 2.45) is 0 Å². The van der Waals surface area contributed by atoms with Crippen LogP contribution in [0.1, 0.15) is 41.0 Å². The molecular formula is C20H22F3N5O2S. The lowest BCUT2D eigenvalue weighted by molar-refractivity contribution is -0.142. The van der Waals surface area contributed by atoms with Crippen LogP contribution in [0.2, 0.25) is 0 Å². The van der Waals surface area contributed by atoms with Gasteiger partial charge in [-0.1, -0.05) is 6.92 Å². The summed E-state index contributed by atoms with van der Waals surface area (Å²) in [5, 5.41) is 9.83. The molecule has 1 aliphatic rings. The van der Waals surface area contributed by atoms with E-state index >= 15 is 0 Å². The minimum Gasteiger partial charge on any atom is -0.463 e. The van der Waals surface area contributed by atoms with Crippen LogP contribution in [0, 0.1) is 6.92 Å². The number of fused-ring (bicyclic) bond motifs is 2. The number of anilines is 1. The quantitative estimate of drug-likeness (QED) is 0.570. The molecular weight excluding hydrogens is 431 g/mol. The van der Waals surface area contributed by atoms with Crippen LogP contribution < -0.4 is 9.64 Å². The fourth-order valence-corrected chi connectivity index (χ4v) is 4.57. The number of hydrogen-bond donors (Lipinski definition) is 1. The smallest absolute Gasteiger partial charge is 0.433 e. The van der Waals surface area contributed by atoms with Gasteiger partial charge in [0.05, 0.1) is 24.2 Å². The number of aliphatic hydroxyl groups is 1. The molecule has 7 nitrogen and oxygen atoms in total. The largest absolute Gasteiger partial charge is 0.463 e. The van der Waals surface area contributed by atoms with E-state index < -0.39 is 11.9 Å². The third-order valence-electron chi connectivity index (χ3n) is 5.03. The lowest BCUT2D eigenvalue weighted by atomic mass is 10.0. The van der Waals surface area contributed by atoms with Crippen LogP contribution in [-0.2, 0) is 25.6 Å². The Bertz CT molecular complexity index is 1100. The number of ether oxygens (including phenoxy) is 1. The first-order valence-electron chi connectivity index (χ1n) is 10.0. The first-order valence-corrected chi connectivity index (χ1v) is 10.8. The van der Waals surface area contributed by atoms with Gasteiger partial charge in [-0.15, -0.1) is 11.3 Å². The first kappa shape index (κ1) is 21.7. The number of hydrogen-bond acceptors (Lipinski definition) is 8. The topological polar surface area (TPSA) is 84.3 Å². The van der Waals surface area contributed by atoms with Crippen LogP contribution in [0.3, 0.4) is 0 Å². The Morgan fingerprint density at radius 1 is 1.23 bits per heavy atom. The summed E-state index contributed by atoms with van der Waals surface area (Å²) in [5.41, 5.74) is -0.329. The molecule has 166 valence electrons. The van der Waals surface area contributed by atoms with Gasteiger partial charge in [-0.3, -0.25) is 0 Å². The van der Waals surface area contributed by atoms with Crippen LogP contribution in [-0.4, -0.2) is 44.8 Å². The fraction of sp³-hybridized carbons (Fsp3) is 0.500. The highest BCUT2D eigenvalue weighted by atomic mass is 32.1. The van der Waals surface area contributed by atoms with Gasteiger partial charge in [0, 0.05) is 30.0 Å². The summed E-state index contributed by atoms with van der Waals surface area (Å²) >= 11 is 1.54. The van der Waals surface area contributed by atoms with Crippen LogP contribution in [0.15, 0.2) is 6.07 Å². The molecule has 0 saturated carbocycles. The zero-order chi connectivity index (χ0) is 22.2. The molecule has 0 aromatic carbocycles. The van der Waals surface area contributed by atoms with Gasteiger partial charge >= 0.3 is 12.2 Å². The maximum Gasteiger partial charge on any atom is 0.433 e. The van der Waals surface area contributed by atoms with Crippen LogP contribution in [0.5, 0.6) is 6.01 Å². The maximum absolute atomic E-state index is 13.5. The molecule has 3 aromatic heterocycles. The van der Waals surface area contributed by atoms with Crippen molar-refractivity contribution < 1.29 is 23.0 Å². The van der Waals surface area contributed by atoms with Crippen molar-refractivity contribution in [1.29, 1.82) is 0 Å². The third-order valence-corrected chi connectivity index (χ3v) is 6.20. The van der Waals surface area contributed by atoms with E-state index in [9.17, 15) is 13.2 Å². The maximum atomic E-state index is 13.5. The molecule has 1 N–H and O–H groups in total. The molecule has 0 fully saturated rings. The van der Waals surface area contributed by atoms with Crippen molar-refractivity contribution in [2.45, 2.75) is 45.8 Å². The Morgan fingerprint density at radius 2 is 2.03 bits per heavy atom. The highest BCUT2D eigenvalue weighted by Crippen LogP contribution is 2.37. The second-order valence-corrected chi connectivity index (χ2v) is 8.37. The van der Waals surface area contributed by atoms with Crippen molar-refractivity contribution in [2.75, 3.05) is 24.7 Å². The summed E-state index contributed by atoms with van der Waals surface area (Å²) in [7, 11) is 0. The van der Waals surface area contributed by atoms with Gasteiger partial charge in [0.15, 0.2) is 5.69 Å². The van der Waals surface area contributed by atoms with Crippen molar-refractivity contribution in [1.82, 2.24) is 19.9 Å². The van der Waals surface area contributed by atoms with E-state index in [0.29, 0.717) is 24.5 Å². The molecule has 0 saturated heterocycles. The van der Waals surface area contributed by atoms with Gasteiger partial charge in [-0.2, -0.15) is 23.1 Å². The Kier molecular flexibility index (Phi) is 5.98. The summed E-state index contributed by atoms with van der Waals surface area (Å²) in [4.78, 5) is 20.8. The lowest BCUT2D eigenvalue weighted by Crippen LogP contribution is -2.34. The average molecular weight is 453 g/mol. The van der Waals surface area contributed by atoms with E-state index in [0.717, 1.165) is 21.5 Å².